The second-order valence-corrected chi connectivity index (χ2v) is 3.42. The first kappa shape index (κ1) is 9.24. The van der Waals surface area contributed by atoms with E-state index in [9.17, 15) is 4.79 Å². The van der Waals surface area contributed by atoms with Gasteiger partial charge in [-0.05, 0) is 31.8 Å². The number of allylic oxidation sites excluding steroid dienone is 3. The van der Waals surface area contributed by atoms with Crippen LogP contribution in [0.5, 0.6) is 0 Å². The zero-order chi connectivity index (χ0) is 8.97. The Morgan fingerprint density at radius 1 is 1.42 bits per heavy atom. The summed E-state index contributed by atoms with van der Waals surface area (Å²) in [5.74, 6) is 0.280. The second-order valence-electron chi connectivity index (χ2n) is 3.42. The summed E-state index contributed by atoms with van der Waals surface area (Å²) in [6, 6.07) is 0. The van der Waals surface area contributed by atoms with E-state index in [1.807, 2.05) is 13.0 Å². The Hall–Kier alpha value is -0.850. The van der Waals surface area contributed by atoms with Gasteiger partial charge in [0.2, 0.25) is 0 Å². The van der Waals surface area contributed by atoms with E-state index in [0.29, 0.717) is 6.42 Å². The average molecular weight is 164 g/mol. The molecule has 1 heteroatoms. The lowest BCUT2D eigenvalue weighted by Crippen LogP contribution is -2.05. The van der Waals surface area contributed by atoms with Gasteiger partial charge in [0.05, 0.1) is 0 Å². The minimum Gasteiger partial charge on any atom is -0.294 e. The Labute approximate surface area is 74.2 Å². The van der Waals surface area contributed by atoms with E-state index < -0.39 is 0 Å². The topological polar surface area (TPSA) is 17.1 Å². The van der Waals surface area contributed by atoms with Crippen LogP contribution in [0.4, 0.5) is 0 Å². The molecule has 0 spiro atoms. The van der Waals surface area contributed by atoms with Crippen molar-refractivity contribution >= 4 is 5.78 Å². The lowest BCUT2D eigenvalue weighted by molar-refractivity contribution is -0.115. The van der Waals surface area contributed by atoms with E-state index in [-0.39, 0.29) is 5.78 Å². The molecule has 0 bridgehead atoms. The standard InChI is InChI=1S/C11H16O/c1-9(2)10-7-5-3-4-6-8-11(10)12/h7H,1,3-6,8H2,2H3/b10-7-. The van der Waals surface area contributed by atoms with E-state index in [1.54, 1.807) is 0 Å². The molecule has 0 saturated heterocycles. The molecule has 0 N–H and O–H groups in total. The van der Waals surface area contributed by atoms with Gasteiger partial charge in [0, 0.05) is 12.0 Å². The van der Waals surface area contributed by atoms with Crippen molar-refractivity contribution in [3.8, 4) is 0 Å². The Bertz CT molecular complexity index is 223. The van der Waals surface area contributed by atoms with Crippen molar-refractivity contribution in [1.82, 2.24) is 0 Å². The SMILES string of the molecule is C=C(C)/C1=C/CCCCCC1=O. The van der Waals surface area contributed by atoms with Crippen molar-refractivity contribution in [2.24, 2.45) is 0 Å². The fraction of sp³-hybridized carbons (Fsp3) is 0.545. The minimum atomic E-state index is 0.280. The van der Waals surface area contributed by atoms with Crippen LogP contribution in [0.2, 0.25) is 0 Å². The van der Waals surface area contributed by atoms with Gasteiger partial charge in [0.25, 0.3) is 0 Å². The third-order valence-corrected chi connectivity index (χ3v) is 2.22. The number of ketones is 1. The lowest BCUT2D eigenvalue weighted by Gasteiger charge is -2.09. The maximum Gasteiger partial charge on any atom is 0.162 e. The van der Waals surface area contributed by atoms with Crippen molar-refractivity contribution in [3.63, 3.8) is 0 Å². The van der Waals surface area contributed by atoms with Crippen molar-refractivity contribution in [3.05, 3.63) is 23.8 Å². The highest BCUT2D eigenvalue weighted by Gasteiger charge is 2.11. The Morgan fingerprint density at radius 3 is 2.83 bits per heavy atom. The molecule has 1 aliphatic rings. The van der Waals surface area contributed by atoms with Crippen LogP contribution >= 0.6 is 0 Å². The first-order chi connectivity index (χ1) is 5.72. The van der Waals surface area contributed by atoms with E-state index >= 15 is 0 Å². The van der Waals surface area contributed by atoms with Gasteiger partial charge >= 0.3 is 0 Å². The second kappa shape index (κ2) is 4.24. The van der Waals surface area contributed by atoms with E-state index in [4.69, 9.17) is 0 Å². The number of carbonyl (C=O) groups excluding carboxylic acids is 1. The molecule has 0 aliphatic heterocycles. The highest BCUT2D eigenvalue weighted by molar-refractivity contribution is 5.99. The normalized spacial score (nSPS) is 23.8. The van der Waals surface area contributed by atoms with E-state index in [2.05, 4.69) is 6.58 Å². The van der Waals surface area contributed by atoms with Crippen LogP contribution in [0, 0.1) is 0 Å². The summed E-state index contributed by atoms with van der Waals surface area (Å²) in [7, 11) is 0. The van der Waals surface area contributed by atoms with Crippen LogP contribution in [0.3, 0.4) is 0 Å². The number of hydrogen-bond acceptors (Lipinski definition) is 1. The van der Waals surface area contributed by atoms with Gasteiger partial charge in [0.15, 0.2) is 5.78 Å². The molecule has 0 aromatic carbocycles. The molecule has 0 aromatic rings. The van der Waals surface area contributed by atoms with Crippen LogP contribution in [0.25, 0.3) is 0 Å². The molecule has 0 saturated carbocycles. The zero-order valence-corrected chi connectivity index (χ0v) is 7.73. The molecular formula is C11H16O. The van der Waals surface area contributed by atoms with Gasteiger partial charge in [0.1, 0.15) is 0 Å². The average Bonchev–Trinajstić information content (AvgIpc) is 1.96. The summed E-state index contributed by atoms with van der Waals surface area (Å²) < 4.78 is 0. The van der Waals surface area contributed by atoms with Crippen LogP contribution in [-0.2, 0) is 4.79 Å². The fourth-order valence-electron chi connectivity index (χ4n) is 1.51. The molecule has 12 heavy (non-hydrogen) atoms. The largest absolute Gasteiger partial charge is 0.294 e. The van der Waals surface area contributed by atoms with Gasteiger partial charge in [-0.2, -0.15) is 0 Å². The molecule has 1 rings (SSSR count). The molecule has 66 valence electrons. The monoisotopic (exact) mass is 164 g/mol. The molecule has 1 nitrogen and oxygen atoms in total. The quantitative estimate of drug-likeness (QED) is 0.582. The number of hydrogen-bond donors (Lipinski definition) is 0. The summed E-state index contributed by atoms with van der Waals surface area (Å²) in [5, 5.41) is 0. The number of rotatable bonds is 1. The van der Waals surface area contributed by atoms with Gasteiger partial charge in [-0.1, -0.05) is 19.1 Å². The fourth-order valence-corrected chi connectivity index (χ4v) is 1.51. The summed E-state index contributed by atoms with van der Waals surface area (Å²) in [6.07, 6.45) is 7.23. The third-order valence-electron chi connectivity index (χ3n) is 2.22. The van der Waals surface area contributed by atoms with Gasteiger partial charge in [-0.3, -0.25) is 4.79 Å². The van der Waals surface area contributed by atoms with Crippen LogP contribution < -0.4 is 0 Å². The van der Waals surface area contributed by atoms with Gasteiger partial charge in [-0.25, -0.2) is 0 Å². The highest BCUT2D eigenvalue weighted by Crippen LogP contribution is 2.18. The summed E-state index contributed by atoms with van der Waals surface area (Å²) in [5.41, 5.74) is 1.79. The third kappa shape index (κ3) is 2.33. The number of carbonyl (C=O) groups is 1. The Morgan fingerprint density at radius 2 is 2.17 bits per heavy atom. The molecule has 0 fully saturated rings. The van der Waals surface area contributed by atoms with Crippen LogP contribution in [-0.4, -0.2) is 5.78 Å². The smallest absolute Gasteiger partial charge is 0.162 e. The summed E-state index contributed by atoms with van der Waals surface area (Å²) in [6.45, 7) is 5.72. The summed E-state index contributed by atoms with van der Waals surface area (Å²) >= 11 is 0. The van der Waals surface area contributed by atoms with Gasteiger partial charge < -0.3 is 0 Å². The first-order valence-electron chi connectivity index (χ1n) is 4.61. The molecule has 0 radical (unpaired) electrons. The molecule has 0 aromatic heterocycles. The van der Waals surface area contributed by atoms with Gasteiger partial charge in [-0.15, -0.1) is 0 Å². The summed E-state index contributed by atoms with van der Waals surface area (Å²) in [4.78, 5) is 11.5. The maximum atomic E-state index is 11.5. The predicted octanol–water partition coefficient (Wildman–Crippen LogP) is 3.02. The maximum absolute atomic E-state index is 11.5. The first-order valence-corrected chi connectivity index (χ1v) is 4.61. The van der Waals surface area contributed by atoms with Crippen molar-refractivity contribution in [2.45, 2.75) is 39.0 Å². The Kier molecular flexibility index (Phi) is 3.27. The van der Waals surface area contributed by atoms with Crippen molar-refractivity contribution in [2.75, 3.05) is 0 Å². The molecular weight excluding hydrogens is 148 g/mol. The van der Waals surface area contributed by atoms with Crippen LogP contribution in [0.1, 0.15) is 39.0 Å². The van der Waals surface area contributed by atoms with Crippen LogP contribution in [0.15, 0.2) is 23.8 Å². The molecule has 0 heterocycles. The lowest BCUT2D eigenvalue weighted by atomic mass is 9.95. The molecule has 0 unspecified atom stereocenters. The van der Waals surface area contributed by atoms with E-state index in [1.165, 1.54) is 12.8 Å². The minimum absolute atomic E-state index is 0.280. The molecule has 1 aliphatic carbocycles. The zero-order valence-electron chi connectivity index (χ0n) is 7.73. The predicted molar refractivity (Wildman–Crippen MR) is 51.0 cm³/mol. The van der Waals surface area contributed by atoms with Crippen molar-refractivity contribution in [1.29, 1.82) is 0 Å². The Balaban J connectivity index is 2.76. The molecule has 0 atom stereocenters. The van der Waals surface area contributed by atoms with Crippen molar-refractivity contribution < 1.29 is 4.79 Å². The number of Topliss-reactive ketones (excluding diaryl/α,β-unsaturated/α-hetero) is 1. The molecule has 0 amide bonds. The van der Waals surface area contributed by atoms with E-state index in [0.717, 1.165) is 24.0 Å². The highest BCUT2D eigenvalue weighted by atomic mass is 16.1.